The number of anilines is 4. The second-order valence-electron chi connectivity index (χ2n) is 30.5. The summed E-state index contributed by atoms with van der Waals surface area (Å²) in [5.74, 6) is -7.94. The molecule has 8 N–H and O–H groups in total. The Morgan fingerprint density at radius 1 is 0.285 bits per heavy atom. The summed E-state index contributed by atoms with van der Waals surface area (Å²) in [4.78, 5) is 143. The molecule has 0 bridgehead atoms. The molecule has 4 heterocycles. The maximum atomic E-state index is 12.5. The molecule has 8 aromatic carbocycles. The number of carboxylic acids is 4. The summed E-state index contributed by atoms with van der Waals surface area (Å²) in [6.07, 6.45) is 7.00. The minimum absolute atomic E-state index is 0. The van der Waals surface area contributed by atoms with E-state index in [9.17, 15) is 98.4 Å². The number of rotatable bonds is 29. The number of hydrogen-bond donors (Lipinski definition) is 8. The van der Waals surface area contributed by atoms with E-state index in [1.54, 1.807) is 48.5 Å². The number of aryl methyl sites for hydroxylation is 8. The van der Waals surface area contributed by atoms with Crippen LogP contribution in [0.5, 0.6) is 23.0 Å². The van der Waals surface area contributed by atoms with E-state index >= 15 is 0 Å². The first-order valence-electron chi connectivity index (χ1n) is 40.6. The number of urea groups is 4. The van der Waals surface area contributed by atoms with E-state index in [0.717, 1.165) is 94.3 Å². The molecule has 0 unspecified atom stereocenters. The number of pyridine rings is 4. The van der Waals surface area contributed by atoms with Crippen molar-refractivity contribution in [2.75, 3.05) is 21.3 Å². The smallest absolute Gasteiger partial charge is 0.871 e. The van der Waals surface area contributed by atoms with E-state index in [-0.39, 0.29) is 236 Å². The van der Waals surface area contributed by atoms with Crippen LogP contribution < -0.4 is 342 Å². The van der Waals surface area contributed by atoms with Gasteiger partial charge in [0, 0.05) is 103 Å². The normalized spacial score (nSPS) is 10.9. The van der Waals surface area contributed by atoms with Crippen molar-refractivity contribution in [3.05, 3.63) is 374 Å². The predicted molar refractivity (Wildman–Crippen MR) is 469 cm³/mol. The number of amides is 8. The van der Waals surface area contributed by atoms with Crippen LogP contribution >= 0.6 is 0 Å². The molecule has 0 spiro atoms. The van der Waals surface area contributed by atoms with Crippen molar-refractivity contribution in [2.24, 2.45) is 28.2 Å². The van der Waals surface area contributed by atoms with Crippen molar-refractivity contribution in [2.45, 2.75) is 110 Å². The first-order valence-corrected chi connectivity index (χ1v) is 40.6. The van der Waals surface area contributed by atoms with Gasteiger partial charge in [-0.2, -0.15) is 0 Å². The van der Waals surface area contributed by atoms with Gasteiger partial charge in [0.05, 0.1) is 24.2 Å². The first kappa shape index (κ1) is 127. The van der Waals surface area contributed by atoms with E-state index in [0.29, 0.717) is 41.5 Å². The van der Waals surface area contributed by atoms with Crippen molar-refractivity contribution in [1.82, 2.24) is 39.5 Å². The van der Waals surface area contributed by atoms with Crippen LogP contribution in [0.2, 0.25) is 0 Å². The third-order valence-electron chi connectivity index (χ3n) is 20.6. The minimum atomic E-state index is -1.35. The van der Waals surface area contributed by atoms with Crippen molar-refractivity contribution in [3.63, 3.8) is 0 Å². The Balaban J connectivity index is 0.000000896. The van der Waals surface area contributed by atoms with Crippen molar-refractivity contribution in [3.8, 4) is 23.0 Å². The zero-order valence-corrected chi connectivity index (χ0v) is 95.7. The number of nitrogens with one attached hydrogen (secondary N) is 8. The molecular formula is C97H94N12Na8O20. The van der Waals surface area contributed by atoms with Gasteiger partial charge in [-0.25, -0.2) is 19.2 Å². The minimum Gasteiger partial charge on any atom is -0.871 e. The summed E-state index contributed by atoms with van der Waals surface area (Å²) in [5.41, 5.74) is 11.4. The van der Waals surface area contributed by atoms with Gasteiger partial charge >= 0.3 is 261 Å². The molecule has 8 amide bonds. The van der Waals surface area contributed by atoms with Crippen molar-refractivity contribution < 1.29 is 316 Å². The Hall–Kier alpha value is -8.28. The number of carbonyl (C=O) groups is 8. The molecule has 12 aromatic rings. The van der Waals surface area contributed by atoms with Crippen LogP contribution in [0.4, 0.5) is 41.9 Å². The fraction of sp³-hybridized carbons (Fsp3) is 0.216. The molecule has 0 fully saturated rings. The molecule has 4 atom stereocenters. The first-order chi connectivity index (χ1) is 61.5. The number of hydrogen-bond acceptors (Lipinski definition) is 20. The molecule has 12 rings (SSSR count). The number of nitrogens with zero attached hydrogens (tertiary/aromatic N) is 4. The third kappa shape index (κ3) is 40.3. The van der Waals surface area contributed by atoms with Crippen LogP contribution in [0.1, 0.15) is 146 Å². The Morgan fingerprint density at radius 3 is 0.869 bits per heavy atom. The largest absolute Gasteiger partial charge is 1.00 e. The summed E-state index contributed by atoms with van der Waals surface area (Å²) in [5, 5.41) is 112. The zero-order chi connectivity index (χ0) is 93.7. The van der Waals surface area contributed by atoms with Gasteiger partial charge in [0.25, 0.3) is 22.2 Å². The van der Waals surface area contributed by atoms with Crippen LogP contribution in [-0.2, 0) is 79.5 Å². The Bertz CT molecular complexity index is 6310. The molecule has 4 aromatic heterocycles. The van der Waals surface area contributed by atoms with Crippen molar-refractivity contribution in [1.29, 1.82) is 0 Å². The van der Waals surface area contributed by atoms with Gasteiger partial charge in [-0.1, -0.05) is 259 Å². The maximum absolute atomic E-state index is 12.5. The molecule has 670 valence electrons. The van der Waals surface area contributed by atoms with Gasteiger partial charge in [0.1, 0.15) is 22.7 Å². The van der Waals surface area contributed by atoms with E-state index in [1.165, 1.54) is 80.8 Å². The molecule has 0 aliphatic rings. The van der Waals surface area contributed by atoms with Gasteiger partial charge < -0.3 is 121 Å². The predicted octanol–water partition coefficient (Wildman–Crippen LogP) is -18.3. The molecule has 137 heavy (non-hydrogen) atoms. The second kappa shape index (κ2) is 62.8. The summed E-state index contributed by atoms with van der Waals surface area (Å²) < 4.78 is 4.63. The fourth-order valence-corrected chi connectivity index (χ4v) is 13.7. The summed E-state index contributed by atoms with van der Waals surface area (Å²) in [6.45, 7) is 8.16. The number of aromatic nitrogens is 4. The Kier molecular flexibility index (Phi) is 58.1. The average Bonchev–Trinajstić information content (AvgIpc) is 0.823. The molecule has 0 aliphatic carbocycles. The van der Waals surface area contributed by atoms with Gasteiger partial charge in [-0.05, 0) is 131 Å². The molecule has 0 aliphatic heterocycles. The zero-order valence-electron chi connectivity index (χ0n) is 79.7. The average molecular weight is 1930 g/mol. The van der Waals surface area contributed by atoms with Crippen LogP contribution in [0.25, 0.3) is 0 Å². The molecule has 40 heteroatoms. The topological polar surface area (TPSA) is 505 Å². The van der Waals surface area contributed by atoms with Gasteiger partial charge in [-0.3, -0.25) is 19.2 Å². The van der Waals surface area contributed by atoms with Crippen LogP contribution in [0.15, 0.2) is 262 Å². The SMILES string of the molecule is CCc1ccccc1Cc1cccc([C@H](CC(=O)[O-])NC(=O)Nc2c([O-])ccn(C)c2=O)c1.Cc1ccc(Cc2ccc([C@H](CC(=O)[O-])NC(=O)Nc3c([O-])ccn(C)c3=O)cc2)cc1.Cc1cccc(Cc2ccc([C@H](CC(=O)[O-])NC(=O)Nc3c([O-])ccn(C)c3=O)cc2)c1.Cc1ccccc1Cc1ccc([C@H](CC(=O)[O-])NC(=O)Nc2c([O-])ccn(C)c2=O)cc1.[Na+].[Na+].[Na+].[Na+].[Na+].[Na+].[Na+].[Na+]. The Morgan fingerprint density at radius 2 is 0.555 bits per heavy atom. The summed E-state index contributed by atoms with van der Waals surface area (Å²) in [6, 6.07) is 58.9. The number of benzene rings is 8. The molecule has 0 radical (unpaired) electrons. The van der Waals surface area contributed by atoms with Gasteiger partial charge in [-0.15, -0.1) is 0 Å². The molecular weight excluding hydrogens is 1840 g/mol. The molecule has 32 nitrogen and oxygen atoms in total. The third-order valence-corrected chi connectivity index (χ3v) is 20.6. The molecule has 0 saturated carbocycles. The summed E-state index contributed by atoms with van der Waals surface area (Å²) >= 11 is 0. The van der Waals surface area contributed by atoms with Gasteiger partial charge in [0.15, 0.2) is 0 Å². The summed E-state index contributed by atoms with van der Waals surface area (Å²) in [7, 11) is 5.79. The maximum Gasteiger partial charge on any atom is 1.00 e. The van der Waals surface area contributed by atoms with Gasteiger partial charge in [0.2, 0.25) is 0 Å². The fourth-order valence-electron chi connectivity index (χ4n) is 13.7. The molecule has 0 saturated heterocycles. The van der Waals surface area contributed by atoms with E-state index in [2.05, 4.69) is 67.7 Å². The van der Waals surface area contributed by atoms with Crippen LogP contribution in [0, 0.1) is 20.8 Å². The van der Waals surface area contributed by atoms with E-state index in [1.807, 2.05) is 148 Å². The van der Waals surface area contributed by atoms with Crippen LogP contribution in [-0.4, -0.2) is 66.3 Å². The van der Waals surface area contributed by atoms with Crippen molar-refractivity contribution >= 4 is 70.8 Å². The number of carboxylic acid groups (broad SMARTS) is 4. The van der Waals surface area contributed by atoms with Crippen LogP contribution in [0.3, 0.4) is 0 Å². The quantitative estimate of drug-likeness (QED) is 0.0202. The Labute approximate surface area is 968 Å². The standard InChI is InChI=1S/C25H27N3O5.3C24H25N3O5.8Na/c1-3-17-8-4-5-9-18(17)13-16-7-6-10-19(14-16)20(15-22(30)31)26-25(33)27-23-21(29)11-12-28(2)24(23)32;1-15-3-5-16(6-4-15)13-17-7-9-18(10-8-17)19(14-21(29)30)25-24(32)26-22-20(28)11-12-27(2)23(22)31;1-15-4-3-5-17(12-15)13-16-6-8-18(9-7-16)19(14-21(29)30)25-24(32)26-22-20(28)10-11-27(2)23(22)31;1-15-5-3-4-6-18(15)13-16-7-9-17(10-8-16)19(14-21(29)30)25-24(32)26-22-20(28)11-12-27(2)23(22)31;;;;;;;;/h4-12,14,20,29H,3,13,15H2,1-2H3,(H,30,31)(H2,26,27,33);3*3-12,19,28H,13-14H2,1-2H3,(H,29,30)(H2,25,26,32);;;;;;;;/q;;;;8*+1/p-8/t20-;3*19-;;;;;;;;/m0000......../s1. The van der Waals surface area contributed by atoms with E-state index < -0.39 is 166 Å². The van der Waals surface area contributed by atoms with E-state index in [4.69, 9.17) is 0 Å². The second-order valence-corrected chi connectivity index (χ2v) is 30.5. The monoisotopic (exact) mass is 1930 g/mol. The number of aliphatic carboxylic acids is 4. The number of carbonyl (C=O) groups excluding carboxylic acids is 8.